The monoisotopic (exact) mass is 214 g/mol. The minimum absolute atomic E-state index is 0.221. The molecule has 3 nitrogen and oxygen atoms in total. The average molecular weight is 214 g/mol. The molecule has 66 valence electrons. The van der Waals surface area contributed by atoms with Crippen LogP contribution in [-0.4, -0.2) is 71.3 Å². The maximum Gasteiger partial charge on any atom is 0.631 e. The predicted octanol–water partition coefficient (Wildman–Crippen LogP) is -1.29. The fourth-order valence-corrected chi connectivity index (χ4v) is 1.29. The van der Waals surface area contributed by atoms with Gasteiger partial charge in [0.2, 0.25) is 0 Å². The molecular formula is C6H6BF2KO3. The molecule has 0 aliphatic rings. The maximum atomic E-state index is 12.4. The van der Waals surface area contributed by atoms with Gasteiger partial charge in [-0.15, -0.1) is 0 Å². The Morgan fingerprint density at radius 2 is 1.62 bits per heavy atom. The molecule has 0 spiro atoms. The molecule has 3 N–H and O–H groups in total. The summed E-state index contributed by atoms with van der Waals surface area (Å²) in [5.74, 6) is -1.40. The van der Waals surface area contributed by atoms with E-state index in [0.717, 1.165) is 6.07 Å². The number of rotatable bonds is 0. The third kappa shape index (κ3) is 6.70. The maximum absolute atomic E-state index is 12.4. The van der Waals surface area contributed by atoms with Crippen molar-refractivity contribution in [3.8, 4) is 0 Å². The van der Waals surface area contributed by atoms with Gasteiger partial charge < -0.3 is 15.1 Å². The van der Waals surface area contributed by atoms with E-state index in [9.17, 15) is 8.78 Å². The summed E-state index contributed by atoms with van der Waals surface area (Å²) in [6.45, 7) is 0. The molecule has 0 bridgehead atoms. The van der Waals surface area contributed by atoms with Crippen LogP contribution in [0.2, 0.25) is 0 Å². The third-order valence-electron chi connectivity index (χ3n) is 1.14. The van der Waals surface area contributed by atoms with Gasteiger partial charge in [0.05, 0.1) is 0 Å². The Morgan fingerprint density at radius 3 is 1.92 bits per heavy atom. The zero-order valence-electron chi connectivity index (χ0n) is 6.91. The quantitative estimate of drug-likeness (QED) is 0.471. The largest absolute Gasteiger partial charge is 0.631 e. The fraction of sp³-hybridized carbons (Fsp3) is 0. The predicted molar refractivity (Wildman–Crippen MR) is 44.2 cm³/mol. The molecule has 0 amide bonds. The van der Waals surface area contributed by atoms with Crippen molar-refractivity contribution < 1.29 is 23.9 Å². The summed E-state index contributed by atoms with van der Waals surface area (Å²) in [5, 5.41) is 21.5. The van der Waals surface area contributed by atoms with Gasteiger partial charge in [-0.1, -0.05) is 0 Å². The van der Waals surface area contributed by atoms with Crippen molar-refractivity contribution in [2.75, 3.05) is 0 Å². The number of hydrogen-bond donors (Lipinski definition) is 3. The molecular weight excluding hydrogens is 208 g/mol. The first-order valence-electron chi connectivity index (χ1n) is 3.40. The molecule has 0 atom stereocenters. The summed E-state index contributed by atoms with van der Waals surface area (Å²) in [5.41, 5.74) is 0. The van der Waals surface area contributed by atoms with Crippen LogP contribution in [0, 0.1) is 11.6 Å². The van der Waals surface area contributed by atoms with Crippen molar-refractivity contribution in [1.82, 2.24) is 0 Å². The second-order valence-corrected chi connectivity index (χ2v) is 3.90. The van der Waals surface area contributed by atoms with E-state index in [0.29, 0.717) is -0.342 Å². The molecule has 0 heterocycles. The van der Waals surface area contributed by atoms with Gasteiger partial charge in [0.15, 0.2) is 0 Å². The van der Waals surface area contributed by atoms with Gasteiger partial charge in [0, 0.05) is 0 Å². The zero-order valence-corrected chi connectivity index (χ0v) is 10.0. The molecule has 1 aromatic carbocycles. The van der Waals surface area contributed by atoms with Gasteiger partial charge >= 0.3 is 94.5 Å². The standard InChI is InChI=1S/C6H3F2.BH3O3.K/c7-5-3-1-2-4-6(5)8;2-1(3)4;/h1-3H;2-4H;. The Morgan fingerprint density at radius 1 is 1.15 bits per heavy atom. The summed E-state index contributed by atoms with van der Waals surface area (Å²) >= 11 is 0.221. The molecule has 13 heavy (non-hydrogen) atoms. The van der Waals surface area contributed by atoms with E-state index in [1.165, 1.54) is 6.07 Å². The average Bonchev–Trinajstić information content (AvgIpc) is 1.99. The van der Waals surface area contributed by atoms with Crippen LogP contribution in [0.3, 0.4) is 0 Å². The van der Waals surface area contributed by atoms with E-state index < -0.39 is 19.0 Å². The van der Waals surface area contributed by atoms with Gasteiger partial charge in [0.1, 0.15) is 0 Å². The normalized spacial score (nSPS) is 8.85. The number of halogens is 2. The van der Waals surface area contributed by atoms with Crippen LogP contribution < -0.4 is -0.342 Å². The van der Waals surface area contributed by atoms with Gasteiger partial charge in [-0.25, -0.2) is 0 Å². The van der Waals surface area contributed by atoms with Crippen molar-refractivity contribution in [2.45, 2.75) is 0 Å². The van der Waals surface area contributed by atoms with Crippen molar-refractivity contribution in [2.24, 2.45) is 0 Å². The first-order valence-corrected chi connectivity index (χ1v) is 4.96. The number of hydrogen-bond acceptors (Lipinski definition) is 3. The van der Waals surface area contributed by atoms with Gasteiger partial charge in [-0.3, -0.25) is 0 Å². The molecule has 1 aromatic rings. The van der Waals surface area contributed by atoms with Crippen LogP contribution in [0.1, 0.15) is 0 Å². The van der Waals surface area contributed by atoms with Crippen molar-refractivity contribution in [3.63, 3.8) is 0 Å². The molecule has 0 unspecified atom stereocenters. The van der Waals surface area contributed by atoms with Crippen LogP contribution in [0.15, 0.2) is 18.2 Å². The molecule has 7 heteroatoms. The summed E-state index contributed by atoms with van der Waals surface area (Å²) in [4.78, 5) is 0. The van der Waals surface area contributed by atoms with Crippen LogP contribution in [0.4, 0.5) is 8.78 Å². The Labute approximate surface area is 108 Å². The van der Waals surface area contributed by atoms with Crippen LogP contribution in [-0.2, 0) is 0 Å². The Hall–Kier alpha value is 0.661. The van der Waals surface area contributed by atoms with Gasteiger partial charge in [-0.05, 0) is 0 Å². The van der Waals surface area contributed by atoms with Gasteiger partial charge in [-0.2, -0.15) is 0 Å². The van der Waals surface area contributed by atoms with Crippen molar-refractivity contribution in [3.05, 3.63) is 29.8 Å². The molecule has 0 fully saturated rings. The van der Waals surface area contributed by atoms with Crippen LogP contribution >= 0.6 is 0 Å². The van der Waals surface area contributed by atoms with Crippen LogP contribution in [0.25, 0.3) is 0 Å². The van der Waals surface area contributed by atoms with E-state index in [2.05, 4.69) is 0 Å². The Kier molecular flexibility index (Phi) is 7.38. The smallest absolute Gasteiger partial charge is 0.402 e. The topological polar surface area (TPSA) is 60.7 Å². The molecule has 0 aliphatic carbocycles. The molecule has 0 saturated heterocycles. The molecule has 0 aliphatic heterocycles. The molecule has 0 saturated carbocycles. The van der Waals surface area contributed by atoms with E-state index in [-0.39, 0.29) is 49.0 Å². The van der Waals surface area contributed by atoms with Crippen molar-refractivity contribution >= 4 is 55.9 Å². The van der Waals surface area contributed by atoms with Crippen molar-refractivity contribution in [1.29, 1.82) is 0 Å². The molecule has 0 aromatic heterocycles. The molecule has 0 radical (unpaired) electrons. The van der Waals surface area contributed by atoms with E-state index in [1.54, 1.807) is 6.07 Å². The minimum Gasteiger partial charge on any atom is -0.402 e. The first-order chi connectivity index (χ1) is 5.95. The second-order valence-electron chi connectivity index (χ2n) is 2.22. The fourth-order valence-electron chi connectivity index (χ4n) is 0.612. The number of benzene rings is 1. The van der Waals surface area contributed by atoms with E-state index in [4.69, 9.17) is 15.1 Å². The summed E-state index contributed by atoms with van der Waals surface area (Å²) in [6.07, 6.45) is 0. The summed E-state index contributed by atoms with van der Waals surface area (Å²) in [7, 11) is -2.17. The Bertz CT molecular complexity index is 249. The van der Waals surface area contributed by atoms with Gasteiger partial charge in [0.25, 0.3) is 0 Å². The SMILES string of the molecule is Fc1ccc[c]([K])c1F.OB(O)O. The Balaban J connectivity index is 0.000000310. The van der Waals surface area contributed by atoms with Crippen LogP contribution in [0.5, 0.6) is 0 Å². The summed E-state index contributed by atoms with van der Waals surface area (Å²) in [6, 6.07) is 4.27. The molecule has 1 rings (SSSR count). The summed E-state index contributed by atoms with van der Waals surface area (Å²) < 4.78 is 25.2. The second kappa shape index (κ2) is 7.02. The van der Waals surface area contributed by atoms with E-state index >= 15 is 0 Å². The zero-order chi connectivity index (χ0) is 10.4. The third-order valence-corrected chi connectivity index (χ3v) is 2.35. The van der Waals surface area contributed by atoms with E-state index in [1.807, 2.05) is 0 Å². The minimum atomic E-state index is -2.17. The first kappa shape index (κ1) is 13.7.